The van der Waals surface area contributed by atoms with Gasteiger partial charge in [0.2, 0.25) is 0 Å². The molecule has 0 saturated carbocycles. The minimum absolute atomic E-state index is 0.0494. The molecule has 7 nitrogen and oxygen atoms in total. The Kier molecular flexibility index (Phi) is 5.08. The second-order valence-corrected chi connectivity index (χ2v) is 4.42. The first kappa shape index (κ1) is 14.5. The SMILES string of the molecule is O=[N+]([O-])c1ccc(-c2ncn(CCOCCS)n2)cc1. The van der Waals surface area contributed by atoms with E-state index in [2.05, 4.69) is 22.7 Å². The van der Waals surface area contributed by atoms with Gasteiger partial charge >= 0.3 is 0 Å². The number of nitro benzene ring substituents is 1. The van der Waals surface area contributed by atoms with E-state index >= 15 is 0 Å². The van der Waals surface area contributed by atoms with Gasteiger partial charge < -0.3 is 4.74 Å². The van der Waals surface area contributed by atoms with E-state index in [-0.39, 0.29) is 5.69 Å². The monoisotopic (exact) mass is 294 g/mol. The second-order valence-electron chi connectivity index (χ2n) is 3.97. The first-order valence-corrected chi connectivity index (χ1v) is 6.67. The summed E-state index contributed by atoms with van der Waals surface area (Å²) in [4.78, 5) is 14.3. The van der Waals surface area contributed by atoms with E-state index in [0.29, 0.717) is 31.3 Å². The molecule has 1 aromatic carbocycles. The topological polar surface area (TPSA) is 83.1 Å². The van der Waals surface area contributed by atoms with E-state index in [0.717, 1.165) is 5.56 Å². The summed E-state index contributed by atoms with van der Waals surface area (Å²) >= 11 is 4.05. The summed E-state index contributed by atoms with van der Waals surface area (Å²) in [7, 11) is 0. The molecule has 0 saturated heterocycles. The predicted octanol–water partition coefficient (Wildman–Crippen LogP) is 1.80. The van der Waals surface area contributed by atoms with Gasteiger partial charge in [-0.15, -0.1) is 0 Å². The van der Waals surface area contributed by atoms with E-state index in [1.54, 1.807) is 23.1 Å². The first-order valence-electron chi connectivity index (χ1n) is 6.03. The van der Waals surface area contributed by atoms with Gasteiger partial charge in [0, 0.05) is 23.4 Å². The van der Waals surface area contributed by atoms with E-state index in [1.807, 2.05) is 0 Å². The van der Waals surface area contributed by atoms with Crippen molar-refractivity contribution < 1.29 is 9.66 Å². The van der Waals surface area contributed by atoms with Crippen LogP contribution in [-0.2, 0) is 11.3 Å². The average Bonchev–Trinajstić information content (AvgIpc) is 2.92. The molecule has 0 radical (unpaired) electrons. The van der Waals surface area contributed by atoms with Gasteiger partial charge in [-0.2, -0.15) is 17.7 Å². The molecule has 106 valence electrons. The Bertz CT molecular complexity index is 570. The van der Waals surface area contributed by atoms with Crippen LogP contribution in [0.2, 0.25) is 0 Å². The van der Waals surface area contributed by atoms with Crippen LogP contribution in [0.5, 0.6) is 0 Å². The molecular weight excluding hydrogens is 280 g/mol. The zero-order valence-electron chi connectivity index (χ0n) is 10.7. The Morgan fingerprint density at radius 2 is 2.05 bits per heavy atom. The number of nitro groups is 1. The number of hydrogen-bond acceptors (Lipinski definition) is 6. The van der Waals surface area contributed by atoms with Crippen molar-refractivity contribution in [2.75, 3.05) is 19.0 Å². The van der Waals surface area contributed by atoms with Crippen molar-refractivity contribution in [3.05, 3.63) is 40.7 Å². The Hall–Kier alpha value is -1.93. The van der Waals surface area contributed by atoms with Crippen LogP contribution in [0.25, 0.3) is 11.4 Å². The van der Waals surface area contributed by atoms with Crippen LogP contribution in [0, 0.1) is 10.1 Å². The smallest absolute Gasteiger partial charge is 0.269 e. The fourth-order valence-electron chi connectivity index (χ4n) is 1.59. The molecule has 2 rings (SSSR count). The van der Waals surface area contributed by atoms with Crippen LogP contribution in [0.4, 0.5) is 5.69 Å². The van der Waals surface area contributed by atoms with Crippen LogP contribution in [0.1, 0.15) is 0 Å². The summed E-state index contributed by atoms with van der Waals surface area (Å²) < 4.78 is 6.98. The van der Waals surface area contributed by atoms with Crippen LogP contribution in [0.3, 0.4) is 0 Å². The van der Waals surface area contributed by atoms with Gasteiger partial charge in [-0.25, -0.2) is 4.98 Å². The maximum absolute atomic E-state index is 10.6. The van der Waals surface area contributed by atoms with Crippen LogP contribution in [-0.4, -0.2) is 38.7 Å². The quantitative estimate of drug-likeness (QED) is 0.364. The van der Waals surface area contributed by atoms with Gasteiger partial charge in [0.1, 0.15) is 6.33 Å². The van der Waals surface area contributed by atoms with Crippen LogP contribution >= 0.6 is 12.6 Å². The van der Waals surface area contributed by atoms with Crippen molar-refractivity contribution in [3.63, 3.8) is 0 Å². The molecule has 2 aromatic rings. The highest BCUT2D eigenvalue weighted by Gasteiger charge is 2.08. The second kappa shape index (κ2) is 7.01. The summed E-state index contributed by atoms with van der Waals surface area (Å²) in [5.74, 6) is 1.22. The molecule has 1 heterocycles. The number of ether oxygens (including phenoxy) is 1. The van der Waals surface area contributed by atoms with Crippen molar-refractivity contribution >= 4 is 18.3 Å². The Labute approximate surface area is 121 Å². The predicted molar refractivity (Wildman–Crippen MR) is 76.8 cm³/mol. The maximum Gasteiger partial charge on any atom is 0.269 e. The molecule has 0 unspecified atom stereocenters. The summed E-state index contributed by atoms with van der Waals surface area (Å²) in [5, 5.41) is 14.9. The zero-order chi connectivity index (χ0) is 14.4. The van der Waals surface area contributed by atoms with Crippen LogP contribution in [0.15, 0.2) is 30.6 Å². The Morgan fingerprint density at radius 3 is 2.70 bits per heavy atom. The normalized spacial score (nSPS) is 10.7. The summed E-state index contributed by atoms with van der Waals surface area (Å²) in [5.41, 5.74) is 0.791. The fourth-order valence-corrected chi connectivity index (χ4v) is 1.72. The molecule has 0 spiro atoms. The summed E-state index contributed by atoms with van der Waals surface area (Å²) in [6.07, 6.45) is 1.61. The molecule has 0 fully saturated rings. The third-order valence-corrected chi connectivity index (χ3v) is 2.76. The van der Waals surface area contributed by atoms with Crippen LogP contribution < -0.4 is 0 Å². The number of thiol groups is 1. The van der Waals surface area contributed by atoms with Gasteiger partial charge in [-0.05, 0) is 12.1 Å². The van der Waals surface area contributed by atoms with E-state index in [1.165, 1.54) is 12.1 Å². The third-order valence-electron chi connectivity index (χ3n) is 2.57. The number of benzene rings is 1. The van der Waals surface area contributed by atoms with E-state index in [9.17, 15) is 10.1 Å². The van der Waals surface area contributed by atoms with Crippen molar-refractivity contribution in [1.82, 2.24) is 14.8 Å². The molecule has 20 heavy (non-hydrogen) atoms. The molecule has 1 aromatic heterocycles. The van der Waals surface area contributed by atoms with Gasteiger partial charge in [-0.3, -0.25) is 14.8 Å². The average molecular weight is 294 g/mol. The number of hydrogen-bond donors (Lipinski definition) is 1. The van der Waals surface area contributed by atoms with Gasteiger partial charge in [-0.1, -0.05) is 0 Å². The highest BCUT2D eigenvalue weighted by Crippen LogP contribution is 2.18. The number of non-ortho nitro benzene ring substituents is 1. The third kappa shape index (κ3) is 3.78. The molecule has 0 aliphatic carbocycles. The highest BCUT2D eigenvalue weighted by molar-refractivity contribution is 7.80. The van der Waals surface area contributed by atoms with Crippen molar-refractivity contribution in [3.8, 4) is 11.4 Å². The standard InChI is InChI=1S/C12H14N4O3S/c17-16(18)11-3-1-10(2-4-11)12-13-9-15(14-12)5-6-19-7-8-20/h1-4,9,20H,5-8H2. The van der Waals surface area contributed by atoms with E-state index < -0.39 is 4.92 Å². The van der Waals surface area contributed by atoms with Gasteiger partial charge in [0.05, 0.1) is 24.7 Å². The maximum atomic E-state index is 10.6. The molecule has 0 N–H and O–H groups in total. The molecule has 0 amide bonds. The molecule has 0 atom stereocenters. The molecule has 0 aliphatic rings. The van der Waals surface area contributed by atoms with Gasteiger partial charge in [0.25, 0.3) is 5.69 Å². The number of nitrogens with zero attached hydrogens (tertiary/aromatic N) is 4. The van der Waals surface area contributed by atoms with Crippen molar-refractivity contribution in [2.24, 2.45) is 0 Å². The minimum Gasteiger partial charge on any atom is -0.379 e. The summed E-state index contributed by atoms with van der Waals surface area (Å²) in [6.45, 7) is 1.75. The molecule has 0 bridgehead atoms. The Balaban J connectivity index is 1.99. The van der Waals surface area contributed by atoms with Crippen molar-refractivity contribution in [1.29, 1.82) is 0 Å². The largest absolute Gasteiger partial charge is 0.379 e. The fraction of sp³-hybridized carbons (Fsp3) is 0.333. The lowest BCUT2D eigenvalue weighted by Crippen LogP contribution is -2.07. The van der Waals surface area contributed by atoms with Crippen molar-refractivity contribution in [2.45, 2.75) is 6.54 Å². The lowest BCUT2D eigenvalue weighted by molar-refractivity contribution is -0.384. The summed E-state index contributed by atoms with van der Waals surface area (Å²) in [6, 6.07) is 6.14. The Morgan fingerprint density at radius 1 is 1.30 bits per heavy atom. The molecule has 8 heteroatoms. The van der Waals surface area contributed by atoms with Gasteiger partial charge in [0.15, 0.2) is 5.82 Å². The highest BCUT2D eigenvalue weighted by atomic mass is 32.1. The minimum atomic E-state index is -0.436. The van der Waals surface area contributed by atoms with E-state index in [4.69, 9.17) is 4.74 Å². The number of aromatic nitrogens is 3. The first-order chi connectivity index (χ1) is 9.70. The molecule has 0 aliphatic heterocycles. The zero-order valence-corrected chi connectivity index (χ0v) is 11.6. The lowest BCUT2D eigenvalue weighted by Gasteiger charge is -2.01. The molecular formula is C12H14N4O3S. The number of rotatable bonds is 7. The lowest BCUT2D eigenvalue weighted by atomic mass is 10.2.